The summed E-state index contributed by atoms with van der Waals surface area (Å²) in [5.74, 6) is 0.226. The quantitative estimate of drug-likeness (QED) is 0.129. The molecule has 7 heteroatoms. The van der Waals surface area contributed by atoms with Crippen LogP contribution < -0.4 is 10.6 Å². The van der Waals surface area contributed by atoms with Crippen LogP contribution in [0.5, 0.6) is 0 Å². The lowest BCUT2D eigenvalue weighted by Gasteiger charge is -2.17. The Labute approximate surface area is 209 Å². The summed E-state index contributed by atoms with van der Waals surface area (Å²) >= 11 is 0. The average molecular weight is 491 g/mol. The van der Waals surface area contributed by atoms with E-state index in [1.54, 1.807) is 18.2 Å². The molecule has 0 aliphatic carbocycles. The highest BCUT2D eigenvalue weighted by Crippen LogP contribution is 2.39. The van der Waals surface area contributed by atoms with Crippen LogP contribution in [0.2, 0.25) is 0 Å². The largest absolute Gasteiger partial charge is 0.456 e. The molecule has 0 aliphatic rings. The number of aliphatic imine (C=N–C) groups is 1. The molecule has 3 N–H and O–H groups in total. The molecule has 0 saturated carbocycles. The Morgan fingerprint density at radius 1 is 0.861 bits per heavy atom. The molecule has 0 atom stereocenters. The van der Waals surface area contributed by atoms with Crippen LogP contribution in [0, 0.1) is 11.6 Å². The number of halogens is 2. The predicted octanol–water partition coefficient (Wildman–Crippen LogP) is 7.17. The van der Waals surface area contributed by atoms with Gasteiger partial charge in [0, 0.05) is 51.3 Å². The topological polar surface area (TPSA) is 65.3 Å². The fourth-order valence-corrected chi connectivity index (χ4v) is 4.81. The van der Waals surface area contributed by atoms with Crippen LogP contribution in [0.3, 0.4) is 0 Å². The van der Waals surface area contributed by atoms with Gasteiger partial charge in [0.25, 0.3) is 0 Å². The first-order valence-corrected chi connectivity index (χ1v) is 12.6. The van der Waals surface area contributed by atoms with Crippen molar-refractivity contribution in [1.29, 1.82) is 0 Å². The summed E-state index contributed by atoms with van der Waals surface area (Å²) in [5.41, 5.74) is 4.23. The lowest BCUT2D eigenvalue weighted by atomic mass is 10.00. The van der Waals surface area contributed by atoms with E-state index < -0.39 is 0 Å². The maximum Gasteiger partial charge on any atom is 0.191 e. The summed E-state index contributed by atoms with van der Waals surface area (Å²) in [6.07, 6.45) is 2.54. The zero-order valence-corrected chi connectivity index (χ0v) is 21.1. The molecule has 188 valence electrons. The number of aryl methyl sites for hydroxylation is 1. The Morgan fingerprint density at radius 3 is 2.28 bits per heavy atom. The molecule has 36 heavy (non-hydrogen) atoms. The van der Waals surface area contributed by atoms with Crippen LogP contribution in [0.4, 0.5) is 8.78 Å². The van der Waals surface area contributed by atoms with E-state index >= 15 is 0 Å². The number of furan rings is 1. The Hall–Kier alpha value is -3.61. The molecule has 0 radical (unpaired) electrons. The Morgan fingerprint density at radius 2 is 1.56 bits per heavy atom. The molecule has 0 spiro atoms. The molecule has 0 fully saturated rings. The van der Waals surface area contributed by atoms with Crippen LogP contribution in [0.1, 0.15) is 46.1 Å². The summed E-state index contributed by atoms with van der Waals surface area (Å²) in [6, 6.07) is 11.9. The van der Waals surface area contributed by atoms with Gasteiger partial charge in [-0.25, -0.2) is 8.78 Å². The van der Waals surface area contributed by atoms with Crippen LogP contribution >= 0.6 is 0 Å². The number of nitrogens with one attached hydrogen (secondary N) is 3. The van der Waals surface area contributed by atoms with E-state index in [1.807, 2.05) is 6.07 Å². The fraction of sp³-hybridized carbons (Fsp3) is 0.345. The van der Waals surface area contributed by atoms with Gasteiger partial charge < -0.3 is 20.0 Å². The fourth-order valence-electron chi connectivity index (χ4n) is 4.81. The van der Waals surface area contributed by atoms with Crippen LogP contribution in [-0.4, -0.2) is 29.6 Å². The minimum Gasteiger partial charge on any atom is -0.456 e. The van der Waals surface area contributed by atoms with Gasteiger partial charge in [0.05, 0.1) is 5.52 Å². The van der Waals surface area contributed by atoms with Crippen molar-refractivity contribution in [2.24, 2.45) is 4.99 Å². The van der Waals surface area contributed by atoms with Crippen molar-refractivity contribution in [2.45, 2.75) is 59.0 Å². The Kier molecular flexibility index (Phi) is 6.56. The lowest BCUT2D eigenvalue weighted by molar-refractivity contribution is 0.625. The van der Waals surface area contributed by atoms with Crippen molar-refractivity contribution in [2.75, 3.05) is 6.54 Å². The van der Waals surface area contributed by atoms with E-state index in [0.717, 1.165) is 68.9 Å². The maximum absolute atomic E-state index is 14.1. The second-order valence-electron chi connectivity index (χ2n) is 10.00. The highest BCUT2D eigenvalue weighted by molar-refractivity contribution is 6.18. The number of fused-ring (bicyclic) bond motifs is 6. The smallest absolute Gasteiger partial charge is 0.191 e. The number of H-pyrrole nitrogens is 1. The number of benzene rings is 3. The van der Waals surface area contributed by atoms with Gasteiger partial charge in [-0.1, -0.05) is 0 Å². The van der Waals surface area contributed by atoms with Gasteiger partial charge in [0.2, 0.25) is 0 Å². The molecule has 2 aromatic heterocycles. The Bertz CT molecular complexity index is 1470. The molecule has 0 saturated heterocycles. The molecule has 0 unspecified atom stereocenters. The summed E-state index contributed by atoms with van der Waals surface area (Å²) in [6.45, 7) is 9.06. The van der Waals surface area contributed by atoms with Gasteiger partial charge in [0.15, 0.2) is 5.96 Å². The molecule has 5 nitrogen and oxygen atoms in total. The molecule has 3 aromatic carbocycles. The molecule has 0 amide bonds. The molecule has 0 bridgehead atoms. The summed E-state index contributed by atoms with van der Waals surface area (Å²) < 4.78 is 34.4. The minimum atomic E-state index is -0.310. The first kappa shape index (κ1) is 24.1. The van der Waals surface area contributed by atoms with Crippen molar-refractivity contribution < 1.29 is 13.2 Å². The third-order valence-electron chi connectivity index (χ3n) is 6.31. The van der Waals surface area contributed by atoms with Gasteiger partial charge in [0.1, 0.15) is 22.8 Å². The number of aromatic nitrogens is 1. The molecule has 5 aromatic rings. The Balaban J connectivity index is 1.50. The number of hydrogen-bond donors (Lipinski definition) is 3. The third kappa shape index (κ3) is 4.74. The predicted molar refractivity (Wildman–Crippen MR) is 145 cm³/mol. The van der Waals surface area contributed by atoms with Crippen molar-refractivity contribution >= 4 is 49.7 Å². The van der Waals surface area contributed by atoms with Crippen LogP contribution in [0.25, 0.3) is 43.7 Å². The zero-order chi connectivity index (χ0) is 25.4. The normalized spacial score (nSPS) is 12.0. The number of unbranched alkanes of at least 4 members (excludes halogenated alkanes) is 1. The van der Waals surface area contributed by atoms with Crippen molar-refractivity contribution in [3.63, 3.8) is 0 Å². The van der Waals surface area contributed by atoms with E-state index in [4.69, 9.17) is 9.41 Å². The summed E-state index contributed by atoms with van der Waals surface area (Å²) in [5, 5.41) is 10.0. The van der Waals surface area contributed by atoms with Crippen LogP contribution in [0.15, 0.2) is 51.9 Å². The van der Waals surface area contributed by atoms with E-state index in [1.165, 1.54) is 18.2 Å². The monoisotopic (exact) mass is 490 g/mol. The molecule has 0 aliphatic heterocycles. The van der Waals surface area contributed by atoms with Gasteiger partial charge in [-0.15, -0.1) is 0 Å². The zero-order valence-electron chi connectivity index (χ0n) is 21.1. The van der Waals surface area contributed by atoms with E-state index in [9.17, 15) is 8.78 Å². The van der Waals surface area contributed by atoms with Gasteiger partial charge in [-0.3, -0.25) is 4.99 Å². The first-order chi connectivity index (χ1) is 17.3. The van der Waals surface area contributed by atoms with Crippen molar-refractivity contribution in [3.8, 4) is 0 Å². The molecule has 2 heterocycles. The van der Waals surface area contributed by atoms with Crippen molar-refractivity contribution in [1.82, 2.24) is 15.6 Å². The summed E-state index contributed by atoms with van der Waals surface area (Å²) in [7, 11) is 0. The first-order valence-electron chi connectivity index (χ1n) is 12.6. The second-order valence-corrected chi connectivity index (χ2v) is 10.00. The highest BCUT2D eigenvalue weighted by atomic mass is 19.1. The number of nitrogens with zero attached hydrogens (tertiary/aromatic N) is 1. The standard InChI is InChI=1S/C29H32F2N4O/c1-16(2)33-29(34-17(3)4)32-12-6-5-7-20-27-23(21-13-18(30)8-10-25(21)35-27)15-24-22-14-19(31)9-11-26(22)36-28(20)24/h8-11,13-17,35H,5-7,12H2,1-4H3,(H2,32,33,34). The minimum absolute atomic E-state index is 0.285. The number of aromatic amines is 1. The molecule has 5 rings (SSSR count). The van der Waals surface area contributed by atoms with E-state index in [2.05, 4.69) is 43.3 Å². The van der Waals surface area contributed by atoms with Gasteiger partial charge >= 0.3 is 0 Å². The number of guanidine groups is 1. The lowest BCUT2D eigenvalue weighted by Crippen LogP contribution is -2.44. The number of hydrogen-bond acceptors (Lipinski definition) is 2. The second kappa shape index (κ2) is 9.80. The van der Waals surface area contributed by atoms with Gasteiger partial charge in [-0.05, 0) is 89.4 Å². The molecular weight excluding hydrogens is 458 g/mol. The SMILES string of the molecule is CC(C)NC(=NCCCCc1c2[nH]c3ccc(F)cc3c2cc2c1oc1ccc(F)cc12)NC(C)C. The molecular formula is C29H32F2N4O. The average Bonchev–Trinajstić information content (AvgIpc) is 3.35. The van der Waals surface area contributed by atoms with Crippen LogP contribution in [-0.2, 0) is 6.42 Å². The van der Waals surface area contributed by atoms with E-state index in [0.29, 0.717) is 24.2 Å². The van der Waals surface area contributed by atoms with E-state index in [-0.39, 0.29) is 11.6 Å². The number of rotatable bonds is 7. The summed E-state index contributed by atoms with van der Waals surface area (Å²) in [4.78, 5) is 8.20. The van der Waals surface area contributed by atoms with Crippen molar-refractivity contribution in [3.05, 3.63) is 59.7 Å². The van der Waals surface area contributed by atoms with Gasteiger partial charge in [-0.2, -0.15) is 0 Å². The third-order valence-corrected chi connectivity index (χ3v) is 6.31. The highest BCUT2D eigenvalue weighted by Gasteiger charge is 2.18. The maximum atomic E-state index is 14.1.